The Kier molecular flexibility index (Phi) is 10.4. The standard InChI is InChI=1S/C20H33N5O2S/c1-2-21-20(23-12-7-11-22-19(27)17-9-6-16-28-17)24-13-8-15-25-14-5-3-4-10-18(25)26/h6,9,16H,2-5,7-8,10-15H2,1H3,(H,22,27)(H2,21,23,24). The van der Waals surface area contributed by atoms with E-state index in [-0.39, 0.29) is 11.8 Å². The van der Waals surface area contributed by atoms with E-state index in [0.29, 0.717) is 19.5 Å². The largest absolute Gasteiger partial charge is 0.357 e. The molecule has 1 aromatic rings. The quantitative estimate of drug-likeness (QED) is 0.315. The lowest BCUT2D eigenvalue weighted by atomic mass is 10.2. The molecule has 28 heavy (non-hydrogen) atoms. The van der Waals surface area contributed by atoms with Gasteiger partial charge in [-0.05, 0) is 44.1 Å². The summed E-state index contributed by atoms with van der Waals surface area (Å²) in [5.41, 5.74) is 0. The Morgan fingerprint density at radius 2 is 2.04 bits per heavy atom. The number of carbonyl (C=O) groups is 2. The third-order valence-corrected chi connectivity index (χ3v) is 5.42. The van der Waals surface area contributed by atoms with Crippen molar-refractivity contribution in [2.24, 2.45) is 4.99 Å². The average Bonchev–Trinajstić information content (AvgIpc) is 3.15. The average molecular weight is 408 g/mol. The minimum Gasteiger partial charge on any atom is -0.357 e. The normalized spacial score (nSPS) is 15.2. The number of hydrogen-bond acceptors (Lipinski definition) is 4. The zero-order valence-corrected chi connectivity index (χ0v) is 17.7. The van der Waals surface area contributed by atoms with Crippen LogP contribution in [0.4, 0.5) is 0 Å². The summed E-state index contributed by atoms with van der Waals surface area (Å²) in [6.45, 7) is 6.56. The minimum absolute atomic E-state index is 0.0152. The number of nitrogens with one attached hydrogen (secondary N) is 3. The van der Waals surface area contributed by atoms with Crippen molar-refractivity contribution in [1.82, 2.24) is 20.9 Å². The van der Waals surface area contributed by atoms with E-state index in [1.165, 1.54) is 11.3 Å². The van der Waals surface area contributed by atoms with Crippen LogP contribution in [-0.2, 0) is 4.79 Å². The van der Waals surface area contributed by atoms with E-state index >= 15 is 0 Å². The predicted octanol–water partition coefficient (Wildman–Crippen LogP) is 2.22. The van der Waals surface area contributed by atoms with Gasteiger partial charge < -0.3 is 20.9 Å². The van der Waals surface area contributed by atoms with Crippen molar-refractivity contribution in [3.63, 3.8) is 0 Å². The van der Waals surface area contributed by atoms with E-state index in [9.17, 15) is 9.59 Å². The highest BCUT2D eigenvalue weighted by Crippen LogP contribution is 2.11. The van der Waals surface area contributed by atoms with Crippen molar-refractivity contribution in [3.8, 4) is 0 Å². The van der Waals surface area contributed by atoms with Gasteiger partial charge in [-0.2, -0.15) is 0 Å². The van der Waals surface area contributed by atoms with Crippen molar-refractivity contribution in [3.05, 3.63) is 22.4 Å². The highest BCUT2D eigenvalue weighted by atomic mass is 32.1. The van der Waals surface area contributed by atoms with E-state index in [4.69, 9.17) is 0 Å². The number of rotatable bonds is 10. The molecule has 1 fully saturated rings. The molecular weight excluding hydrogens is 374 g/mol. The monoisotopic (exact) mass is 407 g/mol. The van der Waals surface area contributed by atoms with Crippen LogP contribution in [0.15, 0.2) is 22.5 Å². The van der Waals surface area contributed by atoms with Gasteiger partial charge in [-0.3, -0.25) is 14.6 Å². The second-order valence-electron chi connectivity index (χ2n) is 6.82. The predicted molar refractivity (Wildman–Crippen MR) is 115 cm³/mol. The van der Waals surface area contributed by atoms with Crippen molar-refractivity contribution in [2.75, 3.05) is 39.3 Å². The minimum atomic E-state index is -0.0152. The zero-order valence-electron chi connectivity index (χ0n) is 16.8. The molecule has 0 aliphatic carbocycles. The van der Waals surface area contributed by atoms with Gasteiger partial charge in [-0.1, -0.05) is 12.5 Å². The third-order valence-electron chi connectivity index (χ3n) is 4.55. The topological polar surface area (TPSA) is 85.8 Å². The van der Waals surface area contributed by atoms with Crippen LogP contribution >= 0.6 is 11.3 Å². The number of aliphatic imine (C=N–C) groups is 1. The second-order valence-corrected chi connectivity index (χ2v) is 7.77. The molecule has 1 saturated heterocycles. The van der Waals surface area contributed by atoms with Crippen molar-refractivity contribution in [2.45, 2.75) is 45.4 Å². The lowest BCUT2D eigenvalue weighted by molar-refractivity contribution is -0.130. The third kappa shape index (κ3) is 8.29. The van der Waals surface area contributed by atoms with Crippen LogP contribution in [0, 0.1) is 0 Å². The molecule has 0 unspecified atom stereocenters. The van der Waals surface area contributed by atoms with Gasteiger partial charge in [0, 0.05) is 45.7 Å². The van der Waals surface area contributed by atoms with Crippen LogP contribution < -0.4 is 16.0 Å². The molecule has 156 valence electrons. The number of carbonyl (C=O) groups excluding carboxylic acids is 2. The molecule has 0 saturated carbocycles. The van der Waals surface area contributed by atoms with Gasteiger partial charge in [-0.15, -0.1) is 11.3 Å². The van der Waals surface area contributed by atoms with Gasteiger partial charge in [0.2, 0.25) is 5.91 Å². The maximum atomic E-state index is 12.0. The number of amides is 2. The Bertz CT molecular complexity index is 618. The lowest BCUT2D eigenvalue weighted by Gasteiger charge is -2.20. The molecule has 1 aliphatic rings. The van der Waals surface area contributed by atoms with Crippen LogP contribution in [0.5, 0.6) is 0 Å². The number of thiophene rings is 1. The van der Waals surface area contributed by atoms with Crippen molar-refractivity contribution >= 4 is 29.1 Å². The van der Waals surface area contributed by atoms with Gasteiger partial charge in [0.25, 0.3) is 5.91 Å². The first-order valence-corrected chi connectivity index (χ1v) is 11.2. The molecule has 2 heterocycles. The molecular formula is C20H33N5O2S. The number of hydrogen-bond donors (Lipinski definition) is 3. The van der Waals surface area contributed by atoms with Crippen molar-refractivity contribution < 1.29 is 9.59 Å². The van der Waals surface area contributed by atoms with Gasteiger partial charge >= 0.3 is 0 Å². The van der Waals surface area contributed by atoms with Gasteiger partial charge in [0.1, 0.15) is 0 Å². The molecule has 1 aliphatic heterocycles. The molecule has 1 aromatic heterocycles. The summed E-state index contributed by atoms with van der Waals surface area (Å²) < 4.78 is 0. The SMILES string of the molecule is CCNC(=NCCCN1CCCCCC1=O)NCCCNC(=O)c1cccs1. The van der Waals surface area contributed by atoms with Gasteiger partial charge in [0.05, 0.1) is 4.88 Å². The fraction of sp³-hybridized carbons (Fsp3) is 0.650. The molecule has 0 spiro atoms. The van der Waals surface area contributed by atoms with E-state index in [1.807, 2.05) is 29.3 Å². The highest BCUT2D eigenvalue weighted by molar-refractivity contribution is 7.12. The summed E-state index contributed by atoms with van der Waals surface area (Å²) in [6, 6.07) is 3.70. The molecule has 7 nitrogen and oxygen atoms in total. The second kappa shape index (κ2) is 13.1. The number of likely N-dealkylation sites (tertiary alicyclic amines) is 1. The van der Waals surface area contributed by atoms with E-state index < -0.39 is 0 Å². The smallest absolute Gasteiger partial charge is 0.261 e. The summed E-state index contributed by atoms with van der Waals surface area (Å²) in [4.78, 5) is 31.2. The van der Waals surface area contributed by atoms with Crippen LogP contribution in [0.3, 0.4) is 0 Å². The summed E-state index contributed by atoms with van der Waals surface area (Å²) in [5, 5.41) is 11.4. The summed E-state index contributed by atoms with van der Waals surface area (Å²) in [7, 11) is 0. The first-order valence-electron chi connectivity index (χ1n) is 10.3. The van der Waals surface area contributed by atoms with E-state index in [2.05, 4.69) is 20.9 Å². The fourth-order valence-electron chi connectivity index (χ4n) is 3.06. The molecule has 8 heteroatoms. The molecule has 2 amide bonds. The first-order chi connectivity index (χ1) is 13.7. The Labute approximate surface area is 172 Å². The summed E-state index contributed by atoms with van der Waals surface area (Å²) in [5.74, 6) is 1.06. The molecule has 3 N–H and O–H groups in total. The molecule has 0 radical (unpaired) electrons. The summed E-state index contributed by atoms with van der Waals surface area (Å²) in [6.07, 6.45) is 5.68. The lowest BCUT2D eigenvalue weighted by Crippen LogP contribution is -2.39. The van der Waals surface area contributed by atoms with Crippen molar-refractivity contribution in [1.29, 1.82) is 0 Å². The maximum absolute atomic E-state index is 12.0. The molecule has 0 bridgehead atoms. The van der Waals surface area contributed by atoms with Gasteiger partial charge in [-0.25, -0.2) is 0 Å². The van der Waals surface area contributed by atoms with Crippen LogP contribution in [0.25, 0.3) is 0 Å². The number of guanidine groups is 1. The molecule has 2 rings (SSSR count). The van der Waals surface area contributed by atoms with Crippen LogP contribution in [0.1, 0.15) is 55.1 Å². The number of nitrogens with zero attached hydrogens (tertiary/aromatic N) is 2. The summed E-state index contributed by atoms with van der Waals surface area (Å²) >= 11 is 1.45. The zero-order chi connectivity index (χ0) is 20.0. The molecule has 0 aromatic carbocycles. The Hall–Kier alpha value is -2.09. The Morgan fingerprint density at radius 1 is 1.18 bits per heavy atom. The van der Waals surface area contributed by atoms with Gasteiger partial charge in [0.15, 0.2) is 5.96 Å². The van der Waals surface area contributed by atoms with Crippen LogP contribution in [0.2, 0.25) is 0 Å². The molecule has 0 atom stereocenters. The Balaban J connectivity index is 1.61. The first kappa shape index (κ1) is 22.2. The maximum Gasteiger partial charge on any atom is 0.261 e. The highest BCUT2D eigenvalue weighted by Gasteiger charge is 2.15. The van der Waals surface area contributed by atoms with E-state index in [0.717, 1.165) is 69.1 Å². The van der Waals surface area contributed by atoms with Crippen LogP contribution in [-0.4, -0.2) is 61.9 Å². The van der Waals surface area contributed by atoms with E-state index in [1.54, 1.807) is 0 Å². The Morgan fingerprint density at radius 3 is 2.82 bits per heavy atom. The fourth-order valence-corrected chi connectivity index (χ4v) is 3.70.